The first-order valence-electron chi connectivity index (χ1n) is 9.52. The molecule has 0 unspecified atom stereocenters. The number of alkyl halides is 2. The molecule has 0 bridgehead atoms. The number of hydrogen-bond acceptors (Lipinski definition) is 8. The molecule has 0 radical (unpaired) electrons. The van der Waals surface area contributed by atoms with Gasteiger partial charge < -0.3 is 11.1 Å². The van der Waals surface area contributed by atoms with Crippen LogP contribution >= 0.6 is 11.8 Å². The summed E-state index contributed by atoms with van der Waals surface area (Å²) in [6, 6.07) is 8.44. The van der Waals surface area contributed by atoms with Crippen molar-refractivity contribution in [1.82, 2.24) is 15.6 Å². The van der Waals surface area contributed by atoms with Gasteiger partial charge in [-0.1, -0.05) is 11.8 Å². The SMILES string of the molecule is CS(=O)(=O)c1ccc(C(=O)NCCSc2nonc2C(N)=Nc2ccc(F)c(C(F)F)c2)cc1. The molecule has 3 aromatic rings. The summed E-state index contributed by atoms with van der Waals surface area (Å²) in [5, 5.41) is 10.3. The monoisotopic (exact) mass is 513 g/mol. The molecule has 0 saturated carbocycles. The zero-order valence-electron chi connectivity index (χ0n) is 17.5. The van der Waals surface area contributed by atoms with Gasteiger partial charge in [-0.25, -0.2) is 31.2 Å². The van der Waals surface area contributed by atoms with E-state index in [-0.39, 0.29) is 33.7 Å². The first-order valence-corrected chi connectivity index (χ1v) is 12.4. The highest BCUT2D eigenvalue weighted by Gasteiger charge is 2.17. The van der Waals surface area contributed by atoms with Gasteiger partial charge in [0.15, 0.2) is 26.4 Å². The summed E-state index contributed by atoms with van der Waals surface area (Å²) in [5.41, 5.74) is 5.45. The number of aliphatic imine (C=N–C) groups is 1. The van der Waals surface area contributed by atoms with Gasteiger partial charge in [0.2, 0.25) is 0 Å². The number of amidine groups is 1. The molecule has 0 fully saturated rings. The lowest BCUT2D eigenvalue weighted by molar-refractivity contribution is 0.0956. The third-order valence-electron chi connectivity index (χ3n) is 4.34. The molecule has 3 rings (SSSR count). The smallest absolute Gasteiger partial charge is 0.266 e. The second kappa shape index (κ2) is 10.7. The maximum Gasteiger partial charge on any atom is 0.266 e. The van der Waals surface area contributed by atoms with Gasteiger partial charge in [-0.05, 0) is 52.8 Å². The van der Waals surface area contributed by atoms with E-state index >= 15 is 0 Å². The van der Waals surface area contributed by atoms with E-state index in [0.29, 0.717) is 11.3 Å². The van der Waals surface area contributed by atoms with Gasteiger partial charge in [0.05, 0.1) is 16.1 Å². The quantitative estimate of drug-likeness (QED) is 0.192. The third kappa shape index (κ3) is 6.35. The minimum Gasteiger partial charge on any atom is -0.382 e. The third-order valence-corrected chi connectivity index (χ3v) is 6.41. The minimum atomic E-state index is -3.36. The van der Waals surface area contributed by atoms with Gasteiger partial charge in [0.1, 0.15) is 5.82 Å². The highest BCUT2D eigenvalue weighted by molar-refractivity contribution is 7.99. The zero-order chi connectivity index (χ0) is 24.9. The van der Waals surface area contributed by atoms with Gasteiger partial charge in [-0.2, -0.15) is 0 Å². The Hall–Kier alpha value is -3.39. The van der Waals surface area contributed by atoms with Crippen LogP contribution in [0.15, 0.2) is 62.0 Å². The summed E-state index contributed by atoms with van der Waals surface area (Å²) in [4.78, 5) is 16.3. The number of carbonyl (C=O) groups is 1. The molecule has 34 heavy (non-hydrogen) atoms. The second-order valence-electron chi connectivity index (χ2n) is 6.82. The number of aromatic nitrogens is 2. The highest BCUT2D eigenvalue weighted by Crippen LogP contribution is 2.27. The first kappa shape index (κ1) is 25.2. The van der Waals surface area contributed by atoms with E-state index < -0.39 is 33.6 Å². The second-order valence-corrected chi connectivity index (χ2v) is 9.92. The number of nitrogens with two attached hydrogens (primary N) is 1. The molecule has 0 aliphatic heterocycles. The Morgan fingerprint density at radius 3 is 2.56 bits per heavy atom. The van der Waals surface area contributed by atoms with Crippen LogP contribution in [0.2, 0.25) is 0 Å². The van der Waals surface area contributed by atoms with Gasteiger partial charge in [0, 0.05) is 24.1 Å². The Labute approximate surface area is 196 Å². The molecule has 0 atom stereocenters. The number of hydrogen-bond donors (Lipinski definition) is 2. The van der Waals surface area contributed by atoms with Crippen LogP contribution in [0.5, 0.6) is 0 Å². The lowest BCUT2D eigenvalue weighted by atomic mass is 10.2. The summed E-state index contributed by atoms with van der Waals surface area (Å²) in [7, 11) is -3.36. The zero-order valence-corrected chi connectivity index (χ0v) is 19.2. The predicted octanol–water partition coefficient (Wildman–Crippen LogP) is 3.11. The average molecular weight is 514 g/mol. The van der Waals surface area contributed by atoms with Crippen molar-refractivity contribution < 1.29 is 31.0 Å². The number of thioether (sulfide) groups is 1. The molecule has 0 aliphatic carbocycles. The number of amides is 1. The number of nitrogens with zero attached hydrogens (tertiary/aromatic N) is 3. The van der Waals surface area contributed by atoms with Crippen LogP contribution in [0.3, 0.4) is 0 Å². The number of benzene rings is 2. The topological polar surface area (TPSA) is 141 Å². The Balaban J connectivity index is 1.59. The van der Waals surface area contributed by atoms with Crippen molar-refractivity contribution in [2.45, 2.75) is 16.3 Å². The van der Waals surface area contributed by atoms with Crippen molar-refractivity contribution in [3.63, 3.8) is 0 Å². The van der Waals surface area contributed by atoms with Gasteiger partial charge in [0.25, 0.3) is 12.3 Å². The van der Waals surface area contributed by atoms with Crippen LogP contribution in [0.25, 0.3) is 0 Å². The summed E-state index contributed by atoms with van der Waals surface area (Å²) < 4.78 is 66.8. The first-order chi connectivity index (χ1) is 16.1. The molecule has 2 aromatic carbocycles. The molecular weight excluding hydrogens is 495 g/mol. The molecule has 1 heterocycles. The van der Waals surface area contributed by atoms with Crippen molar-refractivity contribution in [2.24, 2.45) is 10.7 Å². The van der Waals surface area contributed by atoms with E-state index in [4.69, 9.17) is 5.73 Å². The number of carbonyl (C=O) groups excluding carboxylic acids is 1. The van der Waals surface area contributed by atoms with E-state index in [9.17, 15) is 26.4 Å². The Kier molecular flexibility index (Phi) is 7.94. The van der Waals surface area contributed by atoms with Crippen LogP contribution < -0.4 is 11.1 Å². The molecule has 14 heteroatoms. The van der Waals surface area contributed by atoms with Crippen molar-refractivity contribution in [1.29, 1.82) is 0 Å². The van der Waals surface area contributed by atoms with Crippen LogP contribution in [0.1, 0.15) is 28.0 Å². The van der Waals surface area contributed by atoms with E-state index in [2.05, 4.69) is 25.3 Å². The maximum atomic E-state index is 13.4. The number of halogens is 3. The molecule has 180 valence electrons. The lowest BCUT2D eigenvalue weighted by Gasteiger charge is -2.06. The Bertz CT molecular complexity index is 1310. The van der Waals surface area contributed by atoms with Gasteiger partial charge in [-0.15, -0.1) is 0 Å². The molecule has 9 nitrogen and oxygen atoms in total. The summed E-state index contributed by atoms with van der Waals surface area (Å²) >= 11 is 1.14. The van der Waals surface area contributed by atoms with Crippen molar-refractivity contribution in [2.75, 3.05) is 18.6 Å². The summed E-state index contributed by atoms with van der Waals surface area (Å²) in [6.45, 7) is 0.219. The molecule has 1 amide bonds. The molecule has 0 saturated heterocycles. The number of sulfone groups is 1. The summed E-state index contributed by atoms with van der Waals surface area (Å²) in [6.07, 6.45) is -1.94. The highest BCUT2D eigenvalue weighted by atomic mass is 32.2. The fourth-order valence-electron chi connectivity index (χ4n) is 2.66. The molecular formula is C20H18F3N5O4S2. The Morgan fingerprint density at radius 2 is 1.91 bits per heavy atom. The van der Waals surface area contributed by atoms with Gasteiger partial charge in [-0.3, -0.25) is 4.79 Å². The fourth-order valence-corrected chi connectivity index (χ4v) is 4.05. The van der Waals surface area contributed by atoms with Crippen molar-refractivity contribution in [3.8, 4) is 0 Å². The largest absolute Gasteiger partial charge is 0.382 e. The molecule has 1 aromatic heterocycles. The van der Waals surface area contributed by atoms with Crippen molar-refractivity contribution >= 4 is 39.0 Å². The maximum absolute atomic E-state index is 13.4. The van der Waals surface area contributed by atoms with Crippen LogP contribution in [0, 0.1) is 5.82 Å². The van der Waals surface area contributed by atoms with Crippen LogP contribution in [-0.4, -0.2) is 49.0 Å². The standard InChI is InChI=1S/C20H18F3N5O4S2/c1-34(30,31)13-5-2-11(3-6-13)19(29)25-8-9-33-20-16(27-32-28-20)18(24)26-12-4-7-15(21)14(10-12)17(22)23/h2-7,10,17H,8-9H2,1H3,(H2,24,26)(H,25,29). The normalized spacial score (nSPS) is 12.2. The predicted molar refractivity (Wildman–Crippen MR) is 119 cm³/mol. The number of rotatable bonds is 9. The lowest BCUT2D eigenvalue weighted by Crippen LogP contribution is -2.25. The van der Waals surface area contributed by atoms with E-state index in [1.54, 1.807) is 0 Å². The van der Waals surface area contributed by atoms with Crippen LogP contribution in [-0.2, 0) is 9.84 Å². The fraction of sp³-hybridized carbons (Fsp3) is 0.200. The molecule has 0 aliphatic rings. The van der Waals surface area contributed by atoms with Gasteiger partial charge >= 0.3 is 0 Å². The van der Waals surface area contributed by atoms with E-state index in [0.717, 1.165) is 30.2 Å². The van der Waals surface area contributed by atoms with E-state index in [1.807, 2.05) is 0 Å². The summed E-state index contributed by atoms with van der Waals surface area (Å²) in [5.74, 6) is -1.29. The molecule has 0 spiro atoms. The van der Waals surface area contributed by atoms with E-state index in [1.165, 1.54) is 30.3 Å². The minimum absolute atomic E-state index is 0.00213. The Morgan fingerprint density at radius 1 is 1.21 bits per heavy atom. The molecule has 3 N–H and O–H groups in total. The van der Waals surface area contributed by atoms with Crippen LogP contribution in [0.4, 0.5) is 18.9 Å². The average Bonchev–Trinajstić information content (AvgIpc) is 3.26. The van der Waals surface area contributed by atoms with Crippen molar-refractivity contribution in [3.05, 3.63) is 65.1 Å². The number of nitrogens with one attached hydrogen (secondary N) is 1.